The predicted molar refractivity (Wildman–Crippen MR) is 132 cm³/mol. The monoisotopic (exact) mass is 511 g/mol. The van der Waals surface area contributed by atoms with Gasteiger partial charge in [0.05, 0.1) is 26.2 Å². The van der Waals surface area contributed by atoms with E-state index in [1.807, 2.05) is 0 Å². The van der Waals surface area contributed by atoms with Crippen LogP contribution in [0.15, 0.2) is 42.5 Å². The third-order valence-corrected chi connectivity index (χ3v) is 6.47. The quantitative estimate of drug-likeness (QED) is 0.497. The van der Waals surface area contributed by atoms with Crippen molar-refractivity contribution in [1.82, 2.24) is 10.2 Å². The van der Waals surface area contributed by atoms with Crippen molar-refractivity contribution < 1.29 is 27.5 Å². The van der Waals surface area contributed by atoms with Crippen LogP contribution in [0.1, 0.15) is 19.4 Å². The third kappa shape index (κ3) is 7.01. The topological polar surface area (TPSA) is 105 Å². The van der Waals surface area contributed by atoms with Crippen LogP contribution in [0.2, 0.25) is 5.02 Å². The first-order valence-electron chi connectivity index (χ1n) is 10.5. The van der Waals surface area contributed by atoms with Crippen molar-refractivity contribution in [3.05, 3.63) is 53.1 Å². The zero-order valence-corrected chi connectivity index (χ0v) is 21.4. The largest absolute Gasteiger partial charge is 0.493 e. The Labute approximate surface area is 205 Å². The Kier molecular flexibility index (Phi) is 9.57. The number of anilines is 1. The van der Waals surface area contributed by atoms with Crippen LogP contribution in [0.5, 0.6) is 11.5 Å². The van der Waals surface area contributed by atoms with Crippen molar-refractivity contribution in [2.24, 2.45) is 0 Å². The van der Waals surface area contributed by atoms with E-state index in [1.54, 1.807) is 44.2 Å². The highest BCUT2D eigenvalue weighted by Crippen LogP contribution is 2.32. The third-order valence-electron chi connectivity index (χ3n) is 5.09. The lowest BCUT2D eigenvalue weighted by atomic mass is 10.1. The number of carbonyl (C=O) groups excluding carboxylic acids is 2. The normalized spacial score (nSPS) is 11.9. The van der Waals surface area contributed by atoms with E-state index in [0.29, 0.717) is 28.6 Å². The SMILES string of the molecule is CCNC(=O)C(C)N(Cc1cccc(Cl)c1)C(=O)CN(c1ccc(OC)c(OC)c1)S(C)(=O)=O. The van der Waals surface area contributed by atoms with Crippen LogP contribution < -0.4 is 19.1 Å². The molecule has 186 valence electrons. The average Bonchev–Trinajstić information content (AvgIpc) is 2.79. The number of likely N-dealkylation sites (N-methyl/N-ethyl adjacent to an activating group) is 1. The molecule has 0 aliphatic heterocycles. The van der Waals surface area contributed by atoms with Crippen LogP contribution >= 0.6 is 11.6 Å². The van der Waals surface area contributed by atoms with Crippen molar-refractivity contribution in [1.29, 1.82) is 0 Å². The highest BCUT2D eigenvalue weighted by molar-refractivity contribution is 7.92. The number of nitrogens with zero attached hydrogens (tertiary/aromatic N) is 2. The number of nitrogens with one attached hydrogen (secondary N) is 1. The molecule has 2 aromatic carbocycles. The summed E-state index contributed by atoms with van der Waals surface area (Å²) in [7, 11) is -0.966. The van der Waals surface area contributed by atoms with Crippen LogP contribution in [0, 0.1) is 0 Å². The van der Waals surface area contributed by atoms with E-state index < -0.39 is 28.5 Å². The Bertz CT molecular complexity index is 1130. The lowest BCUT2D eigenvalue weighted by molar-refractivity contribution is -0.139. The van der Waals surface area contributed by atoms with Gasteiger partial charge in [0.1, 0.15) is 12.6 Å². The van der Waals surface area contributed by atoms with E-state index in [-0.39, 0.29) is 18.1 Å². The number of amides is 2. The van der Waals surface area contributed by atoms with E-state index in [2.05, 4.69) is 5.32 Å². The summed E-state index contributed by atoms with van der Waals surface area (Å²) in [5.41, 5.74) is 0.927. The molecule has 0 spiro atoms. The second-order valence-electron chi connectivity index (χ2n) is 7.53. The molecule has 34 heavy (non-hydrogen) atoms. The van der Waals surface area contributed by atoms with Crippen LogP contribution in [0.4, 0.5) is 5.69 Å². The number of hydrogen-bond donors (Lipinski definition) is 1. The fourth-order valence-electron chi connectivity index (χ4n) is 3.33. The molecule has 0 aliphatic rings. The summed E-state index contributed by atoms with van der Waals surface area (Å²) < 4.78 is 36.7. The van der Waals surface area contributed by atoms with Gasteiger partial charge >= 0.3 is 0 Å². The molecule has 11 heteroatoms. The van der Waals surface area contributed by atoms with Gasteiger partial charge < -0.3 is 19.7 Å². The highest BCUT2D eigenvalue weighted by atomic mass is 35.5. The Morgan fingerprint density at radius 3 is 2.32 bits per heavy atom. The van der Waals surface area contributed by atoms with Crippen molar-refractivity contribution >= 4 is 39.1 Å². The Hall–Kier alpha value is -2.98. The fourth-order valence-corrected chi connectivity index (χ4v) is 4.38. The Morgan fingerprint density at radius 2 is 1.76 bits per heavy atom. The van der Waals surface area contributed by atoms with E-state index in [0.717, 1.165) is 10.6 Å². The van der Waals surface area contributed by atoms with Gasteiger partial charge in [0.15, 0.2) is 11.5 Å². The van der Waals surface area contributed by atoms with Crippen molar-refractivity contribution in [3.63, 3.8) is 0 Å². The summed E-state index contributed by atoms with van der Waals surface area (Å²) in [6, 6.07) is 10.6. The summed E-state index contributed by atoms with van der Waals surface area (Å²) in [5, 5.41) is 3.18. The van der Waals surface area contributed by atoms with Crippen LogP contribution in [-0.2, 0) is 26.2 Å². The molecule has 2 rings (SSSR count). The maximum absolute atomic E-state index is 13.4. The number of sulfonamides is 1. The fraction of sp³-hybridized carbons (Fsp3) is 0.391. The second-order valence-corrected chi connectivity index (χ2v) is 9.87. The first-order chi connectivity index (χ1) is 16.0. The first kappa shape index (κ1) is 27.3. The predicted octanol–water partition coefficient (Wildman–Crippen LogP) is 2.68. The van der Waals surface area contributed by atoms with Crippen molar-refractivity contribution in [3.8, 4) is 11.5 Å². The van der Waals surface area contributed by atoms with Crippen molar-refractivity contribution in [2.75, 3.05) is 37.9 Å². The molecule has 0 aliphatic carbocycles. The summed E-state index contributed by atoms with van der Waals surface area (Å²) in [5.74, 6) is -0.181. The summed E-state index contributed by atoms with van der Waals surface area (Å²) in [6.45, 7) is 3.31. The molecule has 2 amide bonds. The number of ether oxygens (including phenoxy) is 2. The number of hydrogen-bond acceptors (Lipinski definition) is 6. The summed E-state index contributed by atoms with van der Waals surface area (Å²) in [4.78, 5) is 27.3. The standard InChI is InChI=1S/C23H30ClN3O6S/c1-6-25-23(29)16(2)26(14-17-8-7-9-18(24)12-17)22(28)15-27(34(5,30)31)19-10-11-20(32-3)21(13-19)33-4/h7-13,16H,6,14-15H2,1-5H3,(H,25,29). The summed E-state index contributed by atoms with van der Waals surface area (Å²) >= 11 is 6.08. The van der Waals surface area contributed by atoms with Gasteiger partial charge in [0.2, 0.25) is 21.8 Å². The van der Waals surface area contributed by atoms with Crippen molar-refractivity contribution in [2.45, 2.75) is 26.4 Å². The van der Waals surface area contributed by atoms with E-state index in [1.165, 1.54) is 31.3 Å². The van der Waals surface area contributed by atoms with Gasteiger partial charge in [0, 0.05) is 24.2 Å². The second kappa shape index (κ2) is 11.9. The van der Waals surface area contributed by atoms with Gasteiger partial charge in [-0.25, -0.2) is 8.42 Å². The average molecular weight is 512 g/mol. The molecule has 1 N–H and O–H groups in total. The number of rotatable bonds is 11. The van der Waals surface area contributed by atoms with Crippen LogP contribution in [0.25, 0.3) is 0 Å². The first-order valence-corrected chi connectivity index (χ1v) is 12.8. The molecule has 0 aromatic heterocycles. The number of benzene rings is 2. The zero-order valence-electron chi connectivity index (χ0n) is 19.9. The van der Waals surface area contributed by atoms with E-state index in [4.69, 9.17) is 21.1 Å². The smallest absolute Gasteiger partial charge is 0.244 e. The van der Waals surface area contributed by atoms with Gasteiger partial charge in [-0.1, -0.05) is 23.7 Å². The molecule has 9 nitrogen and oxygen atoms in total. The molecule has 0 heterocycles. The van der Waals surface area contributed by atoms with E-state index in [9.17, 15) is 18.0 Å². The number of carbonyl (C=O) groups is 2. The molecule has 0 bridgehead atoms. The minimum atomic E-state index is -3.86. The van der Waals surface area contributed by atoms with Gasteiger partial charge in [0.25, 0.3) is 0 Å². The molecule has 1 unspecified atom stereocenters. The lowest BCUT2D eigenvalue weighted by Crippen LogP contribution is -2.51. The number of halogens is 1. The molecule has 0 radical (unpaired) electrons. The summed E-state index contributed by atoms with van der Waals surface area (Å²) in [6.07, 6.45) is 1.01. The van der Waals surface area contributed by atoms with Gasteiger partial charge in [-0.3, -0.25) is 13.9 Å². The Balaban J connectivity index is 2.43. The molecule has 0 fully saturated rings. The number of methoxy groups -OCH3 is 2. The molecule has 1 atom stereocenters. The molecular weight excluding hydrogens is 482 g/mol. The molecule has 0 saturated heterocycles. The molecule has 2 aromatic rings. The highest BCUT2D eigenvalue weighted by Gasteiger charge is 2.30. The zero-order chi connectivity index (χ0) is 25.5. The van der Waals surface area contributed by atoms with Gasteiger partial charge in [-0.05, 0) is 43.7 Å². The van der Waals surface area contributed by atoms with Gasteiger partial charge in [-0.15, -0.1) is 0 Å². The maximum atomic E-state index is 13.4. The lowest BCUT2D eigenvalue weighted by Gasteiger charge is -2.31. The minimum absolute atomic E-state index is 0.0707. The van der Waals surface area contributed by atoms with Gasteiger partial charge in [-0.2, -0.15) is 0 Å². The molecule has 0 saturated carbocycles. The van der Waals surface area contributed by atoms with E-state index >= 15 is 0 Å². The minimum Gasteiger partial charge on any atom is -0.493 e. The van der Waals surface area contributed by atoms with Crippen LogP contribution in [0.3, 0.4) is 0 Å². The van der Waals surface area contributed by atoms with Crippen LogP contribution in [-0.4, -0.2) is 64.7 Å². The molecular formula is C23H30ClN3O6S. The Morgan fingerprint density at radius 1 is 1.09 bits per heavy atom. The maximum Gasteiger partial charge on any atom is 0.244 e.